The summed E-state index contributed by atoms with van der Waals surface area (Å²) in [6.07, 6.45) is 3.64. The lowest BCUT2D eigenvalue weighted by Crippen LogP contribution is -1.94. The monoisotopic (exact) mass is 146 g/mol. The standard InChI is InChI=1S/C9H8NO/c1-2-4-8(5-3-1)9-6-7-10-11-9/h1-5,9H,6H2/t9-/m0/s1. The zero-order valence-electron chi connectivity index (χ0n) is 6.03. The Hall–Kier alpha value is -1.31. The molecular weight excluding hydrogens is 138 g/mol. The maximum absolute atomic E-state index is 5.05. The van der Waals surface area contributed by atoms with E-state index < -0.39 is 0 Å². The van der Waals surface area contributed by atoms with Gasteiger partial charge in [0, 0.05) is 6.42 Å². The first-order valence-electron chi connectivity index (χ1n) is 3.60. The average molecular weight is 146 g/mol. The molecule has 0 spiro atoms. The van der Waals surface area contributed by atoms with Gasteiger partial charge in [0.25, 0.3) is 0 Å². The van der Waals surface area contributed by atoms with Crippen molar-refractivity contribution in [1.82, 2.24) is 0 Å². The maximum Gasteiger partial charge on any atom is 0.158 e. The summed E-state index contributed by atoms with van der Waals surface area (Å²) < 4.78 is 0. The van der Waals surface area contributed by atoms with Crippen molar-refractivity contribution >= 4 is 6.21 Å². The first-order valence-corrected chi connectivity index (χ1v) is 3.60. The Morgan fingerprint density at radius 3 is 2.82 bits per heavy atom. The van der Waals surface area contributed by atoms with Crippen molar-refractivity contribution in [3.8, 4) is 0 Å². The van der Waals surface area contributed by atoms with Crippen LogP contribution in [-0.4, -0.2) is 6.21 Å². The van der Waals surface area contributed by atoms with E-state index in [0.29, 0.717) is 0 Å². The number of hydrogen-bond acceptors (Lipinski definition) is 2. The molecule has 0 N–H and O–H groups in total. The Balaban J connectivity index is 2.17. The zero-order chi connectivity index (χ0) is 7.52. The van der Waals surface area contributed by atoms with E-state index >= 15 is 0 Å². The molecule has 1 aromatic carbocycles. The summed E-state index contributed by atoms with van der Waals surface area (Å²) in [7, 11) is 0. The SMILES string of the molecule is [C]1=NO[C@H](c2ccccc2)C1. The van der Waals surface area contributed by atoms with Crippen molar-refractivity contribution in [2.24, 2.45) is 5.16 Å². The smallest absolute Gasteiger partial charge is 0.158 e. The number of nitrogens with zero attached hydrogens (tertiary/aromatic N) is 1. The molecule has 0 bridgehead atoms. The van der Waals surface area contributed by atoms with Crippen LogP contribution in [0.3, 0.4) is 0 Å². The molecule has 55 valence electrons. The molecule has 0 saturated carbocycles. The van der Waals surface area contributed by atoms with Crippen LogP contribution in [0.4, 0.5) is 0 Å². The lowest BCUT2D eigenvalue weighted by molar-refractivity contribution is 0.0858. The van der Waals surface area contributed by atoms with Crippen molar-refractivity contribution in [1.29, 1.82) is 0 Å². The van der Waals surface area contributed by atoms with Gasteiger partial charge in [-0.3, -0.25) is 0 Å². The molecule has 11 heavy (non-hydrogen) atoms. The lowest BCUT2D eigenvalue weighted by Gasteiger charge is -2.06. The molecule has 2 rings (SSSR count). The van der Waals surface area contributed by atoms with Crippen molar-refractivity contribution in [2.75, 3.05) is 0 Å². The molecule has 1 aliphatic rings. The van der Waals surface area contributed by atoms with Crippen LogP contribution in [0.25, 0.3) is 0 Å². The van der Waals surface area contributed by atoms with Gasteiger partial charge in [-0.2, -0.15) is 0 Å². The number of benzene rings is 1. The predicted molar refractivity (Wildman–Crippen MR) is 42.3 cm³/mol. The van der Waals surface area contributed by atoms with Crippen LogP contribution in [0, 0.1) is 0 Å². The van der Waals surface area contributed by atoms with Gasteiger partial charge >= 0.3 is 0 Å². The molecule has 0 fully saturated rings. The van der Waals surface area contributed by atoms with E-state index in [2.05, 4.69) is 11.4 Å². The Kier molecular flexibility index (Phi) is 1.60. The van der Waals surface area contributed by atoms with E-state index in [1.807, 2.05) is 30.3 Å². The van der Waals surface area contributed by atoms with E-state index in [9.17, 15) is 0 Å². The van der Waals surface area contributed by atoms with E-state index in [1.54, 1.807) is 0 Å². The van der Waals surface area contributed by atoms with Gasteiger partial charge in [-0.1, -0.05) is 35.5 Å². The van der Waals surface area contributed by atoms with Gasteiger partial charge in [0.05, 0.1) is 0 Å². The second-order valence-electron chi connectivity index (χ2n) is 2.46. The van der Waals surface area contributed by atoms with E-state index in [0.717, 1.165) is 6.42 Å². The lowest BCUT2D eigenvalue weighted by atomic mass is 10.1. The molecule has 2 heteroatoms. The Bertz CT molecular complexity index is 248. The van der Waals surface area contributed by atoms with E-state index in [4.69, 9.17) is 4.84 Å². The minimum atomic E-state index is 0.0937. The van der Waals surface area contributed by atoms with Crippen LogP contribution >= 0.6 is 0 Å². The van der Waals surface area contributed by atoms with Crippen LogP contribution in [0.15, 0.2) is 35.5 Å². The summed E-state index contributed by atoms with van der Waals surface area (Å²) in [5, 5.41) is 3.59. The Morgan fingerprint density at radius 1 is 1.36 bits per heavy atom. The fourth-order valence-corrected chi connectivity index (χ4v) is 1.10. The Morgan fingerprint density at radius 2 is 2.18 bits per heavy atom. The second-order valence-corrected chi connectivity index (χ2v) is 2.46. The number of hydrogen-bond donors (Lipinski definition) is 0. The molecule has 0 amide bonds. The topological polar surface area (TPSA) is 21.6 Å². The van der Waals surface area contributed by atoms with Crippen LogP contribution < -0.4 is 0 Å². The molecule has 1 atom stereocenters. The molecule has 0 unspecified atom stereocenters. The van der Waals surface area contributed by atoms with Crippen molar-refractivity contribution < 1.29 is 4.84 Å². The highest BCUT2D eigenvalue weighted by Gasteiger charge is 2.15. The van der Waals surface area contributed by atoms with Crippen molar-refractivity contribution in [3.05, 3.63) is 35.9 Å². The summed E-state index contributed by atoms with van der Waals surface area (Å²) >= 11 is 0. The largest absolute Gasteiger partial charge is 0.387 e. The van der Waals surface area contributed by atoms with Gasteiger partial charge in [-0.25, -0.2) is 0 Å². The molecule has 0 saturated heterocycles. The van der Waals surface area contributed by atoms with Crippen LogP contribution in [0.5, 0.6) is 0 Å². The fourth-order valence-electron chi connectivity index (χ4n) is 1.10. The maximum atomic E-state index is 5.05. The molecule has 0 aliphatic carbocycles. The molecule has 2 nitrogen and oxygen atoms in total. The first kappa shape index (κ1) is 6.40. The summed E-state index contributed by atoms with van der Waals surface area (Å²) in [4.78, 5) is 5.05. The van der Waals surface area contributed by atoms with Crippen LogP contribution in [-0.2, 0) is 4.84 Å². The van der Waals surface area contributed by atoms with Crippen LogP contribution in [0.2, 0.25) is 0 Å². The molecular formula is C9H8NO. The summed E-state index contributed by atoms with van der Waals surface area (Å²) in [6.45, 7) is 0. The molecule has 1 heterocycles. The first-order chi connectivity index (χ1) is 5.47. The summed E-state index contributed by atoms with van der Waals surface area (Å²) in [5.41, 5.74) is 1.17. The molecule has 1 aromatic rings. The van der Waals surface area contributed by atoms with Gasteiger partial charge in [0.2, 0.25) is 0 Å². The van der Waals surface area contributed by atoms with E-state index in [-0.39, 0.29) is 6.10 Å². The number of rotatable bonds is 1. The molecule has 1 radical (unpaired) electrons. The summed E-state index contributed by atoms with van der Waals surface area (Å²) in [6, 6.07) is 10.1. The minimum absolute atomic E-state index is 0.0937. The van der Waals surface area contributed by atoms with E-state index in [1.165, 1.54) is 5.56 Å². The quantitative estimate of drug-likeness (QED) is 0.593. The van der Waals surface area contributed by atoms with Gasteiger partial charge in [-0.15, -0.1) is 0 Å². The third-order valence-electron chi connectivity index (χ3n) is 1.69. The van der Waals surface area contributed by atoms with Crippen molar-refractivity contribution in [2.45, 2.75) is 12.5 Å². The normalized spacial score (nSPS) is 21.6. The fraction of sp³-hybridized carbons (Fsp3) is 0.222. The van der Waals surface area contributed by atoms with Gasteiger partial charge in [0.1, 0.15) is 6.21 Å². The predicted octanol–water partition coefficient (Wildman–Crippen LogP) is 2.01. The highest BCUT2D eigenvalue weighted by molar-refractivity contribution is 5.59. The Labute approximate surface area is 65.5 Å². The highest BCUT2D eigenvalue weighted by Crippen LogP contribution is 2.23. The average Bonchev–Trinajstić information content (AvgIpc) is 2.58. The van der Waals surface area contributed by atoms with Gasteiger partial charge in [0.15, 0.2) is 6.10 Å². The third kappa shape index (κ3) is 1.24. The highest BCUT2D eigenvalue weighted by atomic mass is 16.6. The van der Waals surface area contributed by atoms with Crippen molar-refractivity contribution in [3.63, 3.8) is 0 Å². The van der Waals surface area contributed by atoms with Gasteiger partial charge in [-0.05, 0) is 5.56 Å². The van der Waals surface area contributed by atoms with Crippen LogP contribution in [0.1, 0.15) is 18.1 Å². The second kappa shape index (κ2) is 2.74. The third-order valence-corrected chi connectivity index (χ3v) is 1.69. The van der Waals surface area contributed by atoms with Gasteiger partial charge < -0.3 is 4.84 Å². The minimum Gasteiger partial charge on any atom is -0.387 e. The summed E-state index contributed by atoms with van der Waals surface area (Å²) in [5.74, 6) is 0. The zero-order valence-corrected chi connectivity index (χ0v) is 6.03. The molecule has 0 aromatic heterocycles. The molecule has 1 aliphatic heterocycles.